The second kappa shape index (κ2) is 7.45. The van der Waals surface area contributed by atoms with E-state index in [1.54, 1.807) is 6.20 Å². The van der Waals surface area contributed by atoms with Gasteiger partial charge in [0.25, 0.3) is 0 Å². The fourth-order valence-electron chi connectivity index (χ4n) is 2.40. The van der Waals surface area contributed by atoms with Gasteiger partial charge < -0.3 is 10.2 Å². The zero-order valence-corrected chi connectivity index (χ0v) is 15.3. The number of aromatic nitrogens is 2. The Kier molecular flexibility index (Phi) is 5.11. The average Bonchev–Trinajstić information content (AvgIpc) is 2.59. The number of halogens is 1. The minimum Gasteiger partial charge on any atom is -0.355 e. The molecule has 0 aliphatic carbocycles. The van der Waals surface area contributed by atoms with Crippen LogP contribution in [-0.2, 0) is 6.54 Å². The normalized spacial score (nSPS) is 10.5. The largest absolute Gasteiger partial charge is 0.355 e. The monoisotopic (exact) mass is 382 g/mol. The minimum absolute atomic E-state index is 0.581. The molecule has 5 heteroatoms. The van der Waals surface area contributed by atoms with Crippen molar-refractivity contribution >= 4 is 33.4 Å². The van der Waals surface area contributed by atoms with E-state index in [9.17, 15) is 0 Å². The Bertz CT molecular complexity index is 821. The number of hydrogen-bond donors (Lipinski definition) is 1. The topological polar surface area (TPSA) is 41.1 Å². The van der Waals surface area contributed by atoms with E-state index in [4.69, 9.17) is 0 Å². The van der Waals surface area contributed by atoms with E-state index in [0.29, 0.717) is 5.95 Å². The Balaban J connectivity index is 1.76. The molecule has 0 saturated heterocycles. The third kappa shape index (κ3) is 4.11. The summed E-state index contributed by atoms with van der Waals surface area (Å²) >= 11 is 3.57. The summed E-state index contributed by atoms with van der Waals surface area (Å²) in [4.78, 5) is 11.0. The second-order valence-electron chi connectivity index (χ2n) is 5.69. The van der Waals surface area contributed by atoms with Gasteiger partial charge in [-0.25, -0.2) is 4.98 Å². The Hall–Kier alpha value is -2.40. The van der Waals surface area contributed by atoms with Crippen molar-refractivity contribution < 1.29 is 0 Å². The Morgan fingerprint density at radius 3 is 2.62 bits per heavy atom. The van der Waals surface area contributed by atoms with Crippen molar-refractivity contribution in [3.05, 3.63) is 76.4 Å². The molecule has 0 spiro atoms. The molecule has 2 aromatic carbocycles. The zero-order chi connectivity index (χ0) is 16.9. The Morgan fingerprint density at radius 2 is 1.88 bits per heavy atom. The van der Waals surface area contributed by atoms with E-state index in [-0.39, 0.29) is 0 Å². The Labute approximate surface area is 150 Å². The summed E-state index contributed by atoms with van der Waals surface area (Å²) in [5.41, 5.74) is 3.39. The first-order valence-electron chi connectivity index (χ1n) is 7.73. The molecule has 0 saturated carbocycles. The van der Waals surface area contributed by atoms with Crippen molar-refractivity contribution in [3.8, 4) is 0 Å². The van der Waals surface area contributed by atoms with Crippen LogP contribution in [0.3, 0.4) is 0 Å². The molecule has 0 amide bonds. The molecule has 1 aromatic heterocycles. The van der Waals surface area contributed by atoms with Crippen LogP contribution < -0.4 is 10.2 Å². The highest BCUT2D eigenvalue weighted by Crippen LogP contribution is 2.26. The quantitative estimate of drug-likeness (QED) is 0.679. The highest BCUT2D eigenvalue weighted by atomic mass is 79.9. The lowest BCUT2D eigenvalue weighted by Crippen LogP contribution is -2.18. The summed E-state index contributed by atoms with van der Waals surface area (Å²) in [6.07, 6.45) is 1.77. The molecular weight excluding hydrogens is 364 g/mol. The molecule has 0 atom stereocenters. The van der Waals surface area contributed by atoms with Gasteiger partial charge in [0, 0.05) is 24.3 Å². The van der Waals surface area contributed by atoms with Crippen LogP contribution in [0, 0.1) is 6.92 Å². The third-order valence-electron chi connectivity index (χ3n) is 3.67. The summed E-state index contributed by atoms with van der Waals surface area (Å²) in [5.74, 6) is 1.46. The average molecular weight is 383 g/mol. The maximum Gasteiger partial charge on any atom is 0.229 e. The van der Waals surface area contributed by atoms with Crippen LogP contribution in [0.15, 0.2) is 65.3 Å². The van der Waals surface area contributed by atoms with Crippen molar-refractivity contribution in [1.82, 2.24) is 9.97 Å². The lowest BCUT2D eigenvalue weighted by molar-refractivity contribution is 0.893. The van der Waals surface area contributed by atoms with Crippen LogP contribution in [0.25, 0.3) is 0 Å². The van der Waals surface area contributed by atoms with Crippen molar-refractivity contribution in [2.75, 3.05) is 17.3 Å². The molecule has 122 valence electrons. The summed E-state index contributed by atoms with van der Waals surface area (Å²) in [5, 5.41) is 3.26. The second-order valence-corrected chi connectivity index (χ2v) is 6.54. The maximum absolute atomic E-state index is 4.61. The van der Waals surface area contributed by atoms with Gasteiger partial charge in [0.1, 0.15) is 5.82 Å². The summed E-state index contributed by atoms with van der Waals surface area (Å²) < 4.78 is 0.995. The molecule has 4 nitrogen and oxygen atoms in total. The van der Waals surface area contributed by atoms with Gasteiger partial charge in [-0.15, -0.1) is 0 Å². The van der Waals surface area contributed by atoms with E-state index in [0.717, 1.165) is 22.5 Å². The molecule has 0 fully saturated rings. The van der Waals surface area contributed by atoms with Gasteiger partial charge >= 0.3 is 0 Å². The van der Waals surface area contributed by atoms with Crippen LogP contribution in [0.2, 0.25) is 0 Å². The van der Waals surface area contributed by atoms with E-state index < -0.39 is 0 Å². The highest BCUT2D eigenvalue weighted by Gasteiger charge is 2.07. The van der Waals surface area contributed by atoms with Crippen molar-refractivity contribution in [1.29, 1.82) is 0 Å². The number of hydrogen-bond acceptors (Lipinski definition) is 4. The lowest BCUT2D eigenvalue weighted by Gasteiger charge is -2.19. The van der Waals surface area contributed by atoms with Gasteiger partial charge in [-0.3, -0.25) is 0 Å². The van der Waals surface area contributed by atoms with E-state index in [1.165, 1.54) is 11.1 Å². The van der Waals surface area contributed by atoms with E-state index >= 15 is 0 Å². The van der Waals surface area contributed by atoms with E-state index in [2.05, 4.69) is 67.3 Å². The highest BCUT2D eigenvalue weighted by molar-refractivity contribution is 9.10. The molecule has 3 aromatic rings. The molecule has 0 bridgehead atoms. The van der Waals surface area contributed by atoms with Gasteiger partial charge in [0.2, 0.25) is 5.95 Å². The molecular formula is C19H19BrN4. The van der Waals surface area contributed by atoms with Crippen molar-refractivity contribution in [3.63, 3.8) is 0 Å². The molecule has 1 N–H and O–H groups in total. The number of nitrogens with one attached hydrogen (secondary N) is 1. The third-order valence-corrected chi connectivity index (χ3v) is 4.32. The first-order valence-corrected chi connectivity index (χ1v) is 8.52. The summed E-state index contributed by atoms with van der Waals surface area (Å²) in [7, 11) is 2.03. The van der Waals surface area contributed by atoms with Crippen molar-refractivity contribution in [2.24, 2.45) is 0 Å². The van der Waals surface area contributed by atoms with Gasteiger partial charge in [0.15, 0.2) is 0 Å². The first-order chi connectivity index (χ1) is 11.6. The summed E-state index contributed by atoms with van der Waals surface area (Å²) in [6.45, 7) is 2.86. The number of aryl methyl sites for hydroxylation is 1. The van der Waals surface area contributed by atoms with Crippen molar-refractivity contribution in [2.45, 2.75) is 13.5 Å². The first kappa shape index (κ1) is 16.5. The molecule has 0 radical (unpaired) electrons. The van der Waals surface area contributed by atoms with E-state index in [1.807, 2.05) is 37.4 Å². The van der Waals surface area contributed by atoms with Crippen LogP contribution in [-0.4, -0.2) is 17.0 Å². The van der Waals surface area contributed by atoms with Gasteiger partial charge in [-0.1, -0.05) is 36.4 Å². The van der Waals surface area contributed by atoms with Gasteiger partial charge in [-0.2, -0.15) is 4.98 Å². The van der Waals surface area contributed by atoms with Gasteiger partial charge in [-0.05, 0) is 52.2 Å². The fourth-order valence-corrected chi connectivity index (χ4v) is 2.99. The summed E-state index contributed by atoms with van der Waals surface area (Å²) in [6, 6.07) is 18.4. The zero-order valence-electron chi connectivity index (χ0n) is 13.7. The van der Waals surface area contributed by atoms with Crippen LogP contribution in [0.1, 0.15) is 11.1 Å². The lowest BCUT2D eigenvalue weighted by atomic mass is 10.2. The molecule has 3 rings (SSSR count). The maximum atomic E-state index is 4.61. The number of anilines is 3. The number of benzene rings is 2. The smallest absolute Gasteiger partial charge is 0.229 e. The molecule has 1 heterocycles. The fraction of sp³-hybridized carbons (Fsp3) is 0.158. The van der Waals surface area contributed by atoms with Crippen LogP contribution in [0.4, 0.5) is 17.5 Å². The molecule has 24 heavy (non-hydrogen) atoms. The van der Waals surface area contributed by atoms with Crippen LogP contribution >= 0.6 is 15.9 Å². The number of nitrogens with zero attached hydrogens (tertiary/aromatic N) is 3. The van der Waals surface area contributed by atoms with Crippen LogP contribution in [0.5, 0.6) is 0 Å². The minimum atomic E-state index is 0.581. The Morgan fingerprint density at radius 1 is 1.08 bits per heavy atom. The SMILES string of the molecule is Cc1ccc(Nc2nccc(N(C)Cc3ccccc3)n2)c(Br)c1. The molecule has 0 aliphatic heterocycles. The number of rotatable bonds is 5. The predicted octanol–water partition coefficient (Wildman–Crippen LogP) is 4.93. The molecule has 0 aliphatic rings. The predicted molar refractivity (Wildman–Crippen MR) is 103 cm³/mol. The molecule has 0 unspecified atom stereocenters. The standard InChI is InChI=1S/C19H19BrN4/c1-14-8-9-17(16(20)12-14)22-19-21-11-10-18(23-19)24(2)13-15-6-4-3-5-7-15/h3-12H,13H2,1-2H3,(H,21,22,23). The van der Waals surface area contributed by atoms with Gasteiger partial charge in [0.05, 0.1) is 5.69 Å².